The number of carbonyl (C=O) groups excluding carboxylic acids is 3. The standard InChI is InChI=1S/C28H26F2N4O5/c1-17(35)26(28(38)34-39)33-27(37)20-8-4-18(5-9-20)2-3-19-6-12-23(13-7-19)32-25(36)16-31-15-21-10-11-22(29)14-24(21)30/h4-14,17,26,31,35,39H,15-16H2,1H3,(H,32,36)(H,33,37)(H,34,38). The van der Waals surface area contributed by atoms with Gasteiger partial charge in [-0.1, -0.05) is 17.9 Å². The molecular formula is C28H26F2N4O5. The van der Waals surface area contributed by atoms with E-state index in [9.17, 15) is 28.3 Å². The minimum Gasteiger partial charge on any atom is -0.391 e. The van der Waals surface area contributed by atoms with Crippen LogP contribution in [0.25, 0.3) is 0 Å². The van der Waals surface area contributed by atoms with E-state index in [-0.39, 0.29) is 30.1 Å². The van der Waals surface area contributed by atoms with Crippen LogP contribution >= 0.6 is 0 Å². The van der Waals surface area contributed by atoms with Crippen molar-refractivity contribution < 1.29 is 33.5 Å². The maximum atomic E-state index is 13.6. The maximum absolute atomic E-state index is 13.6. The number of aliphatic hydroxyl groups excluding tert-OH is 1. The van der Waals surface area contributed by atoms with Gasteiger partial charge >= 0.3 is 0 Å². The molecule has 11 heteroatoms. The molecule has 0 saturated carbocycles. The number of rotatable bonds is 9. The molecule has 0 aliphatic carbocycles. The van der Waals surface area contributed by atoms with Crippen molar-refractivity contribution >= 4 is 23.4 Å². The van der Waals surface area contributed by atoms with Gasteiger partial charge in [0.05, 0.1) is 12.6 Å². The molecule has 3 amide bonds. The summed E-state index contributed by atoms with van der Waals surface area (Å²) in [7, 11) is 0. The zero-order valence-corrected chi connectivity index (χ0v) is 20.8. The molecule has 0 aliphatic rings. The average molecular weight is 537 g/mol. The van der Waals surface area contributed by atoms with Crippen LogP contribution in [-0.4, -0.2) is 46.7 Å². The number of anilines is 1. The van der Waals surface area contributed by atoms with Crippen LogP contribution in [0.2, 0.25) is 0 Å². The van der Waals surface area contributed by atoms with E-state index in [4.69, 9.17) is 5.21 Å². The van der Waals surface area contributed by atoms with Crippen LogP contribution in [0.1, 0.15) is 34.0 Å². The molecule has 3 aromatic carbocycles. The lowest BCUT2D eigenvalue weighted by atomic mass is 10.1. The van der Waals surface area contributed by atoms with Gasteiger partial charge in [-0.05, 0) is 61.5 Å². The fraction of sp³-hybridized carbons (Fsp3) is 0.179. The summed E-state index contributed by atoms with van der Waals surface area (Å²) in [5, 5.41) is 26.2. The van der Waals surface area contributed by atoms with Crippen molar-refractivity contribution in [3.63, 3.8) is 0 Å². The van der Waals surface area contributed by atoms with Crippen LogP contribution in [0.5, 0.6) is 0 Å². The number of carbonyl (C=O) groups is 3. The second-order valence-corrected chi connectivity index (χ2v) is 8.46. The highest BCUT2D eigenvalue weighted by Gasteiger charge is 2.25. The number of amides is 3. The van der Waals surface area contributed by atoms with E-state index in [0.29, 0.717) is 16.8 Å². The van der Waals surface area contributed by atoms with E-state index in [1.165, 1.54) is 30.6 Å². The van der Waals surface area contributed by atoms with Crippen molar-refractivity contribution in [1.82, 2.24) is 16.1 Å². The van der Waals surface area contributed by atoms with E-state index < -0.39 is 35.6 Å². The number of nitrogens with one attached hydrogen (secondary N) is 4. The third-order valence-corrected chi connectivity index (χ3v) is 5.44. The van der Waals surface area contributed by atoms with Crippen LogP contribution in [0.4, 0.5) is 14.5 Å². The molecule has 0 spiro atoms. The van der Waals surface area contributed by atoms with E-state index in [1.807, 2.05) is 0 Å². The van der Waals surface area contributed by atoms with Crippen molar-refractivity contribution in [3.8, 4) is 11.8 Å². The zero-order chi connectivity index (χ0) is 28.4. The molecule has 3 aromatic rings. The molecule has 0 radical (unpaired) electrons. The molecule has 9 nitrogen and oxygen atoms in total. The zero-order valence-electron chi connectivity index (χ0n) is 20.8. The lowest BCUT2D eigenvalue weighted by Crippen LogP contribution is -2.51. The van der Waals surface area contributed by atoms with Crippen molar-refractivity contribution in [3.05, 3.63) is 101 Å². The summed E-state index contributed by atoms with van der Waals surface area (Å²) < 4.78 is 26.6. The van der Waals surface area contributed by atoms with Gasteiger partial charge in [0, 0.05) is 40.6 Å². The van der Waals surface area contributed by atoms with Crippen molar-refractivity contribution in [1.29, 1.82) is 0 Å². The van der Waals surface area contributed by atoms with Gasteiger partial charge < -0.3 is 21.1 Å². The van der Waals surface area contributed by atoms with Crippen LogP contribution in [0.15, 0.2) is 66.7 Å². The molecule has 0 aliphatic heterocycles. The van der Waals surface area contributed by atoms with Gasteiger partial charge in [0.15, 0.2) is 0 Å². The van der Waals surface area contributed by atoms with Crippen LogP contribution in [0, 0.1) is 23.5 Å². The Labute approximate surface area is 223 Å². The lowest BCUT2D eigenvalue weighted by molar-refractivity contribution is -0.133. The van der Waals surface area contributed by atoms with Crippen molar-refractivity contribution in [2.24, 2.45) is 0 Å². The first-order valence-electron chi connectivity index (χ1n) is 11.8. The quantitative estimate of drug-likeness (QED) is 0.141. The van der Waals surface area contributed by atoms with Crippen molar-refractivity contribution in [2.45, 2.75) is 25.6 Å². The first-order chi connectivity index (χ1) is 18.7. The van der Waals surface area contributed by atoms with E-state index in [0.717, 1.165) is 12.1 Å². The summed E-state index contributed by atoms with van der Waals surface area (Å²) in [6.07, 6.45) is -1.22. The fourth-order valence-electron chi connectivity index (χ4n) is 3.37. The van der Waals surface area contributed by atoms with E-state index in [1.54, 1.807) is 36.4 Å². The average Bonchev–Trinajstić information content (AvgIpc) is 2.92. The topological polar surface area (TPSA) is 140 Å². The van der Waals surface area contributed by atoms with Gasteiger partial charge in [0.25, 0.3) is 11.8 Å². The Bertz CT molecular complexity index is 1380. The molecule has 0 aromatic heterocycles. The lowest BCUT2D eigenvalue weighted by Gasteiger charge is -2.19. The number of hydrogen-bond donors (Lipinski definition) is 6. The van der Waals surface area contributed by atoms with Gasteiger partial charge in [0.1, 0.15) is 17.7 Å². The third-order valence-electron chi connectivity index (χ3n) is 5.44. The molecule has 202 valence electrons. The third kappa shape index (κ3) is 8.72. The van der Waals surface area contributed by atoms with Gasteiger partial charge in [-0.3, -0.25) is 19.6 Å². The fourth-order valence-corrected chi connectivity index (χ4v) is 3.37. The number of aliphatic hydroxyl groups is 1. The first-order valence-corrected chi connectivity index (χ1v) is 11.8. The van der Waals surface area contributed by atoms with Gasteiger partial charge in [0.2, 0.25) is 5.91 Å². The summed E-state index contributed by atoms with van der Waals surface area (Å²) in [6.45, 7) is 1.31. The Morgan fingerprint density at radius 1 is 0.923 bits per heavy atom. The first kappa shape index (κ1) is 28.9. The Morgan fingerprint density at radius 3 is 2.10 bits per heavy atom. The summed E-state index contributed by atoms with van der Waals surface area (Å²) >= 11 is 0. The highest BCUT2D eigenvalue weighted by atomic mass is 19.1. The molecule has 6 N–H and O–H groups in total. The number of hydrogen-bond acceptors (Lipinski definition) is 6. The van der Waals surface area contributed by atoms with Crippen LogP contribution in [0.3, 0.4) is 0 Å². The monoisotopic (exact) mass is 536 g/mol. The van der Waals surface area contributed by atoms with Gasteiger partial charge in [-0.15, -0.1) is 0 Å². The van der Waals surface area contributed by atoms with Crippen LogP contribution < -0.4 is 21.4 Å². The number of hydroxylamine groups is 1. The van der Waals surface area contributed by atoms with Gasteiger partial charge in [-0.25, -0.2) is 14.3 Å². The summed E-state index contributed by atoms with van der Waals surface area (Å²) in [5.74, 6) is 2.68. The van der Waals surface area contributed by atoms with Crippen LogP contribution in [-0.2, 0) is 16.1 Å². The predicted molar refractivity (Wildman–Crippen MR) is 138 cm³/mol. The summed E-state index contributed by atoms with van der Waals surface area (Å²) in [4.78, 5) is 36.1. The largest absolute Gasteiger partial charge is 0.391 e. The van der Waals surface area contributed by atoms with Gasteiger partial charge in [-0.2, -0.15) is 0 Å². The Balaban J connectivity index is 1.50. The molecule has 0 heterocycles. The number of benzene rings is 3. The van der Waals surface area contributed by atoms with Crippen molar-refractivity contribution in [2.75, 3.05) is 11.9 Å². The molecule has 2 atom stereocenters. The Hall–Kier alpha value is -4.63. The minimum absolute atomic E-state index is 0.0687. The molecule has 0 fully saturated rings. The minimum atomic E-state index is -1.32. The van der Waals surface area contributed by atoms with E-state index >= 15 is 0 Å². The molecular weight excluding hydrogens is 510 g/mol. The summed E-state index contributed by atoms with van der Waals surface area (Å²) in [5.41, 5.74) is 3.72. The van der Waals surface area contributed by atoms with E-state index in [2.05, 4.69) is 27.8 Å². The Morgan fingerprint density at radius 2 is 1.54 bits per heavy atom. The normalized spacial score (nSPS) is 11.9. The highest BCUT2D eigenvalue weighted by molar-refractivity contribution is 5.97. The maximum Gasteiger partial charge on any atom is 0.268 e. The second kappa shape index (κ2) is 13.8. The SMILES string of the molecule is CC(O)C(NC(=O)c1ccc(C#Cc2ccc(NC(=O)CNCc3ccc(F)cc3F)cc2)cc1)C(=O)NO. The summed E-state index contributed by atoms with van der Waals surface area (Å²) in [6, 6.07) is 15.0. The number of halogens is 2. The molecule has 2 unspecified atom stereocenters. The molecule has 39 heavy (non-hydrogen) atoms. The Kier molecular flexibility index (Phi) is 10.2. The molecule has 3 rings (SSSR count). The molecule has 0 bridgehead atoms. The highest BCUT2D eigenvalue weighted by Crippen LogP contribution is 2.11. The predicted octanol–water partition coefficient (Wildman–Crippen LogP) is 2.08. The second-order valence-electron chi connectivity index (χ2n) is 8.46. The smallest absolute Gasteiger partial charge is 0.268 e. The molecule has 0 saturated heterocycles.